The number of ether oxygens (including phenoxy) is 2. The molecule has 30 heavy (non-hydrogen) atoms. The summed E-state index contributed by atoms with van der Waals surface area (Å²) < 4.78 is 13.0. The molecule has 1 aromatic carbocycles. The van der Waals surface area contributed by atoms with E-state index in [0.717, 1.165) is 29.5 Å². The lowest BCUT2D eigenvalue weighted by molar-refractivity contribution is -0.136. The fourth-order valence-corrected chi connectivity index (χ4v) is 4.31. The van der Waals surface area contributed by atoms with Crippen LogP contribution in [0.5, 0.6) is 5.75 Å². The lowest BCUT2D eigenvalue weighted by Crippen LogP contribution is -2.39. The summed E-state index contributed by atoms with van der Waals surface area (Å²) >= 11 is 0. The number of hydrogen-bond donors (Lipinski definition) is 0. The molecule has 1 saturated heterocycles. The van der Waals surface area contributed by atoms with Crippen molar-refractivity contribution in [3.05, 3.63) is 53.8 Å². The van der Waals surface area contributed by atoms with Crippen LogP contribution in [0.1, 0.15) is 49.8 Å². The number of carbonyl (C=O) groups is 1. The van der Waals surface area contributed by atoms with Crippen molar-refractivity contribution in [2.24, 2.45) is 5.92 Å². The van der Waals surface area contributed by atoms with Crippen molar-refractivity contribution in [1.82, 2.24) is 14.5 Å². The Balaban J connectivity index is 1.35. The van der Waals surface area contributed by atoms with Gasteiger partial charge in [0.15, 0.2) is 5.76 Å². The van der Waals surface area contributed by atoms with Gasteiger partial charge in [0.1, 0.15) is 12.4 Å². The van der Waals surface area contributed by atoms with Crippen molar-refractivity contribution in [3.63, 3.8) is 0 Å². The Kier molecular flexibility index (Phi) is 6.72. The molecular formula is C24H31N3O3. The van der Waals surface area contributed by atoms with Crippen LogP contribution in [-0.2, 0) is 22.6 Å². The molecular weight excluding hydrogens is 378 g/mol. The van der Waals surface area contributed by atoms with E-state index in [1.165, 1.54) is 38.5 Å². The van der Waals surface area contributed by atoms with Gasteiger partial charge in [0.2, 0.25) is 0 Å². The third-order valence-electron chi connectivity index (χ3n) is 6.10. The summed E-state index contributed by atoms with van der Waals surface area (Å²) in [6.07, 6.45) is 13.7. The second-order valence-corrected chi connectivity index (χ2v) is 8.26. The summed E-state index contributed by atoms with van der Waals surface area (Å²) in [5.74, 6) is 1.94. The van der Waals surface area contributed by atoms with Crippen LogP contribution in [0.15, 0.2) is 42.5 Å². The van der Waals surface area contributed by atoms with Crippen molar-refractivity contribution in [3.8, 4) is 5.75 Å². The van der Waals surface area contributed by atoms with E-state index < -0.39 is 0 Å². The van der Waals surface area contributed by atoms with Crippen LogP contribution in [0.25, 0.3) is 6.08 Å². The zero-order valence-corrected chi connectivity index (χ0v) is 17.8. The van der Waals surface area contributed by atoms with Crippen molar-refractivity contribution >= 4 is 12.0 Å². The summed E-state index contributed by atoms with van der Waals surface area (Å²) in [7, 11) is 1.65. The van der Waals surface area contributed by atoms with Gasteiger partial charge in [-0.25, -0.2) is 4.98 Å². The van der Waals surface area contributed by atoms with Crippen LogP contribution in [0.2, 0.25) is 0 Å². The van der Waals surface area contributed by atoms with Crippen LogP contribution in [0, 0.1) is 5.92 Å². The number of amides is 1. The molecule has 1 aliphatic carbocycles. The second-order valence-electron chi connectivity index (χ2n) is 8.26. The Labute approximate surface area is 178 Å². The number of morpholine rings is 1. The number of carbonyl (C=O) groups excluding carboxylic acids is 1. The maximum Gasteiger partial charge on any atom is 0.289 e. The number of rotatable bonds is 7. The van der Waals surface area contributed by atoms with Crippen LogP contribution in [0.4, 0.5) is 0 Å². The number of nitrogens with zero attached hydrogens (tertiary/aromatic N) is 3. The topological polar surface area (TPSA) is 56.6 Å². The van der Waals surface area contributed by atoms with Gasteiger partial charge in [0.25, 0.3) is 5.91 Å². The summed E-state index contributed by atoms with van der Waals surface area (Å²) in [6, 6.07) is 7.80. The van der Waals surface area contributed by atoms with Gasteiger partial charge in [-0.15, -0.1) is 0 Å². The number of imidazole rings is 1. The third-order valence-corrected chi connectivity index (χ3v) is 6.10. The Hall–Kier alpha value is -2.76. The number of benzene rings is 1. The predicted molar refractivity (Wildman–Crippen MR) is 116 cm³/mol. The van der Waals surface area contributed by atoms with Gasteiger partial charge in [-0.2, -0.15) is 0 Å². The zero-order chi connectivity index (χ0) is 20.8. The molecule has 0 bridgehead atoms. The first-order chi connectivity index (χ1) is 14.7. The SMILES string of the molecule is COc1ccc(CN2CCOC(=Cc3cn(CCC4CCCCC4)cn3)C2=O)cc1. The Bertz CT molecular complexity index is 866. The van der Waals surface area contributed by atoms with Crippen LogP contribution >= 0.6 is 0 Å². The molecule has 2 heterocycles. The average Bonchev–Trinajstić information content (AvgIpc) is 3.24. The molecule has 0 spiro atoms. The summed E-state index contributed by atoms with van der Waals surface area (Å²) in [5, 5.41) is 0. The molecule has 6 nitrogen and oxygen atoms in total. The van der Waals surface area contributed by atoms with Crippen molar-refractivity contribution in [1.29, 1.82) is 0 Å². The highest BCUT2D eigenvalue weighted by molar-refractivity contribution is 5.96. The molecule has 0 radical (unpaired) electrons. The van der Waals surface area contributed by atoms with E-state index >= 15 is 0 Å². The molecule has 0 atom stereocenters. The average molecular weight is 410 g/mol. The van der Waals surface area contributed by atoms with E-state index in [0.29, 0.717) is 25.5 Å². The maximum absolute atomic E-state index is 12.9. The minimum atomic E-state index is -0.0891. The largest absolute Gasteiger partial charge is 0.497 e. The number of methoxy groups -OCH3 is 1. The standard InChI is InChI=1S/C24H31N3O3/c1-29-22-9-7-20(8-10-22)16-27-13-14-30-23(24(27)28)15-21-17-26(18-25-21)12-11-19-5-3-2-4-6-19/h7-10,15,17-19H,2-6,11-14,16H2,1H3. The number of aromatic nitrogens is 2. The van der Waals surface area contributed by atoms with E-state index in [4.69, 9.17) is 9.47 Å². The fraction of sp³-hybridized carbons (Fsp3) is 0.500. The van der Waals surface area contributed by atoms with Gasteiger partial charge in [0.05, 0.1) is 25.7 Å². The normalized spacial score (nSPS) is 19.2. The maximum atomic E-state index is 12.9. The quantitative estimate of drug-likeness (QED) is 0.641. The van der Waals surface area contributed by atoms with E-state index in [2.05, 4.69) is 9.55 Å². The third kappa shape index (κ3) is 5.23. The first-order valence-corrected chi connectivity index (χ1v) is 11.0. The molecule has 0 N–H and O–H groups in total. The van der Waals surface area contributed by atoms with Gasteiger partial charge in [-0.1, -0.05) is 44.2 Å². The lowest BCUT2D eigenvalue weighted by Gasteiger charge is -2.28. The molecule has 1 saturated carbocycles. The van der Waals surface area contributed by atoms with Crippen molar-refractivity contribution in [2.45, 2.75) is 51.6 Å². The highest BCUT2D eigenvalue weighted by atomic mass is 16.5. The van der Waals surface area contributed by atoms with Gasteiger partial charge in [-0.3, -0.25) is 4.79 Å². The highest BCUT2D eigenvalue weighted by Gasteiger charge is 2.25. The monoisotopic (exact) mass is 409 g/mol. The number of aryl methyl sites for hydroxylation is 1. The van der Waals surface area contributed by atoms with Gasteiger partial charge in [0, 0.05) is 25.4 Å². The smallest absolute Gasteiger partial charge is 0.289 e. The molecule has 2 fully saturated rings. The molecule has 2 aliphatic rings. The Morgan fingerprint density at radius 2 is 2.00 bits per heavy atom. The molecule has 0 unspecified atom stereocenters. The minimum absolute atomic E-state index is 0.0891. The van der Waals surface area contributed by atoms with E-state index in [9.17, 15) is 4.79 Å². The van der Waals surface area contributed by atoms with Crippen molar-refractivity contribution < 1.29 is 14.3 Å². The lowest BCUT2D eigenvalue weighted by atomic mass is 9.87. The fourth-order valence-electron chi connectivity index (χ4n) is 4.31. The molecule has 1 aromatic heterocycles. The molecule has 4 rings (SSSR count). The molecule has 6 heteroatoms. The zero-order valence-electron chi connectivity index (χ0n) is 17.8. The van der Waals surface area contributed by atoms with Crippen LogP contribution in [-0.4, -0.2) is 40.6 Å². The molecule has 160 valence electrons. The molecule has 1 aliphatic heterocycles. The Morgan fingerprint density at radius 3 is 2.77 bits per heavy atom. The van der Waals surface area contributed by atoms with Crippen molar-refractivity contribution in [2.75, 3.05) is 20.3 Å². The van der Waals surface area contributed by atoms with Gasteiger partial charge < -0.3 is 18.9 Å². The summed E-state index contributed by atoms with van der Waals surface area (Å²) in [6.45, 7) is 2.62. The highest BCUT2D eigenvalue weighted by Crippen LogP contribution is 2.26. The van der Waals surface area contributed by atoms with E-state index in [-0.39, 0.29) is 5.91 Å². The van der Waals surface area contributed by atoms with Crippen LogP contribution in [0.3, 0.4) is 0 Å². The van der Waals surface area contributed by atoms with Crippen LogP contribution < -0.4 is 4.74 Å². The predicted octanol–water partition coefficient (Wildman–Crippen LogP) is 4.26. The molecule has 2 aromatic rings. The first-order valence-electron chi connectivity index (χ1n) is 11.0. The van der Waals surface area contributed by atoms with E-state index in [1.54, 1.807) is 13.2 Å². The van der Waals surface area contributed by atoms with E-state index in [1.807, 2.05) is 41.7 Å². The first kappa shape index (κ1) is 20.5. The second kappa shape index (κ2) is 9.83. The Morgan fingerprint density at radius 1 is 1.20 bits per heavy atom. The summed E-state index contributed by atoms with van der Waals surface area (Å²) in [4.78, 5) is 19.1. The summed E-state index contributed by atoms with van der Waals surface area (Å²) in [5.41, 5.74) is 1.84. The van der Waals surface area contributed by atoms with Gasteiger partial charge in [-0.05, 0) is 30.0 Å². The minimum Gasteiger partial charge on any atom is -0.497 e. The van der Waals surface area contributed by atoms with Gasteiger partial charge >= 0.3 is 0 Å². The number of hydrogen-bond acceptors (Lipinski definition) is 4. The molecule has 1 amide bonds.